The van der Waals surface area contributed by atoms with E-state index < -0.39 is 17.9 Å². The number of amides is 1. The number of hydrogen-bond acceptors (Lipinski definition) is 5. The van der Waals surface area contributed by atoms with E-state index >= 15 is 0 Å². The van der Waals surface area contributed by atoms with Crippen LogP contribution in [-0.2, 0) is 14.3 Å². The number of esters is 1. The highest BCUT2D eigenvalue weighted by atomic mass is 127. The summed E-state index contributed by atoms with van der Waals surface area (Å²) in [6, 6.07) is 2.32. The smallest absolute Gasteiger partial charge is 0.308 e. The lowest BCUT2D eigenvalue weighted by Gasteiger charge is -2.20. The lowest BCUT2D eigenvalue weighted by molar-refractivity contribution is -0.143. The molecule has 1 amide bonds. The van der Waals surface area contributed by atoms with E-state index in [4.69, 9.17) is 22.1 Å². The predicted octanol–water partition coefficient (Wildman–Crippen LogP) is 1.72. The quantitative estimate of drug-likeness (QED) is 0.475. The number of aromatic hydroxyl groups is 1. The van der Waals surface area contributed by atoms with Gasteiger partial charge in [0.15, 0.2) is 0 Å². The molecule has 0 saturated carbocycles. The standard InChI is InChI=1S/C13H16ClIN2O4/c1-2-21-12(19)5-10(17-11(18)6-16)8-3-7(14)4-9(15)13(8)20/h3-4,10,20H,2,5-6,16H2,1H3,(H,17,18). The fraction of sp³-hybridized carbons (Fsp3) is 0.385. The molecule has 1 atom stereocenters. The van der Waals surface area contributed by atoms with Gasteiger partial charge in [-0.15, -0.1) is 0 Å². The summed E-state index contributed by atoms with van der Waals surface area (Å²) in [5.41, 5.74) is 5.62. The maximum Gasteiger partial charge on any atom is 0.308 e. The van der Waals surface area contributed by atoms with Crippen molar-refractivity contribution in [3.05, 3.63) is 26.3 Å². The predicted molar refractivity (Wildman–Crippen MR) is 87.0 cm³/mol. The molecule has 0 bridgehead atoms. The summed E-state index contributed by atoms with van der Waals surface area (Å²) in [6.07, 6.45) is -0.121. The third-order valence-electron chi connectivity index (χ3n) is 2.63. The normalized spacial score (nSPS) is 11.8. The van der Waals surface area contributed by atoms with Crippen LogP contribution >= 0.6 is 34.2 Å². The lowest BCUT2D eigenvalue weighted by atomic mass is 10.0. The van der Waals surface area contributed by atoms with Gasteiger partial charge in [-0.3, -0.25) is 9.59 Å². The van der Waals surface area contributed by atoms with Gasteiger partial charge in [-0.25, -0.2) is 0 Å². The molecule has 0 radical (unpaired) electrons. The van der Waals surface area contributed by atoms with Crippen LogP contribution in [0.2, 0.25) is 5.02 Å². The Labute approximate surface area is 141 Å². The molecule has 0 fully saturated rings. The second-order valence-electron chi connectivity index (χ2n) is 4.16. The number of halogens is 2. The first-order valence-electron chi connectivity index (χ1n) is 6.22. The molecule has 0 heterocycles. The Morgan fingerprint density at radius 3 is 2.76 bits per heavy atom. The van der Waals surface area contributed by atoms with Gasteiger partial charge < -0.3 is 20.9 Å². The summed E-state index contributed by atoms with van der Waals surface area (Å²) in [5.74, 6) is -0.973. The van der Waals surface area contributed by atoms with E-state index in [1.807, 2.05) is 22.6 Å². The summed E-state index contributed by atoms with van der Waals surface area (Å²) >= 11 is 7.88. The molecule has 1 aromatic carbocycles. The van der Waals surface area contributed by atoms with Crippen LogP contribution in [0.5, 0.6) is 5.75 Å². The minimum atomic E-state index is -0.757. The number of benzene rings is 1. The van der Waals surface area contributed by atoms with Crippen molar-refractivity contribution in [3.8, 4) is 5.75 Å². The summed E-state index contributed by atoms with van der Waals surface area (Å²) in [7, 11) is 0. The molecule has 1 unspecified atom stereocenters. The third-order valence-corrected chi connectivity index (χ3v) is 3.67. The fourth-order valence-electron chi connectivity index (χ4n) is 1.73. The molecule has 8 heteroatoms. The summed E-state index contributed by atoms with van der Waals surface area (Å²) < 4.78 is 5.39. The van der Waals surface area contributed by atoms with Crippen molar-refractivity contribution in [1.29, 1.82) is 0 Å². The first-order chi connectivity index (χ1) is 9.88. The van der Waals surface area contributed by atoms with Crippen LogP contribution in [0.15, 0.2) is 12.1 Å². The Bertz CT molecular complexity index is 539. The molecule has 0 aromatic heterocycles. The van der Waals surface area contributed by atoms with Gasteiger partial charge >= 0.3 is 5.97 Å². The monoisotopic (exact) mass is 426 g/mol. The Balaban J connectivity index is 3.10. The molecule has 0 aliphatic heterocycles. The molecule has 0 saturated heterocycles. The minimum absolute atomic E-state index is 0.0355. The highest BCUT2D eigenvalue weighted by molar-refractivity contribution is 14.1. The zero-order chi connectivity index (χ0) is 16.0. The fourth-order valence-corrected chi connectivity index (χ4v) is 2.79. The van der Waals surface area contributed by atoms with Gasteiger partial charge in [-0.2, -0.15) is 0 Å². The van der Waals surface area contributed by atoms with Gasteiger partial charge in [-0.1, -0.05) is 11.6 Å². The van der Waals surface area contributed by atoms with E-state index in [0.29, 0.717) is 14.2 Å². The van der Waals surface area contributed by atoms with Crippen molar-refractivity contribution in [3.63, 3.8) is 0 Å². The van der Waals surface area contributed by atoms with Gasteiger partial charge in [0.2, 0.25) is 5.91 Å². The van der Waals surface area contributed by atoms with E-state index in [9.17, 15) is 14.7 Å². The van der Waals surface area contributed by atoms with E-state index in [1.54, 1.807) is 13.0 Å². The molecule has 116 valence electrons. The summed E-state index contributed by atoms with van der Waals surface area (Å²) in [6.45, 7) is 1.69. The zero-order valence-electron chi connectivity index (χ0n) is 11.4. The van der Waals surface area contributed by atoms with E-state index in [1.165, 1.54) is 6.07 Å². The third kappa shape index (κ3) is 5.33. The molecule has 0 aliphatic carbocycles. The van der Waals surface area contributed by atoms with Gasteiger partial charge in [0.05, 0.1) is 29.2 Å². The van der Waals surface area contributed by atoms with E-state index in [2.05, 4.69) is 5.32 Å². The largest absolute Gasteiger partial charge is 0.506 e. The van der Waals surface area contributed by atoms with Crippen LogP contribution in [0.4, 0.5) is 0 Å². The Morgan fingerprint density at radius 2 is 2.19 bits per heavy atom. The van der Waals surface area contributed by atoms with Crippen molar-refractivity contribution in [2.24, 2.45) is 5.73 Å². The van der Waals surface area contributed by atoms with Crippen LogP contribution in [0.3, 0.4) is 0 Å². The number of phenols is 1. The van der Waals surface area contributed by atoms with Crippen LogP contribution in [0.1, 0.15) is 24.9 Å². The Morgan fingerprint density at radius 1 is 1.52 bits per heavy atom. The van der Waals surface area contributed by atoms with Gasteiger partial charge in [0.1, 0.15) is 5.75 Å². The minimum Gasteiger partial charge on any atom is -0.506 e. The second-order valence-corrected chi connectivity index (χ2v) is 5.76. The molecule has 4 N–H and O–H groups in total. The number of nitrogens with two attached hydrogens (primary N) is 1. The van der Waals surface area contributed by atoms with Gasteiger partial charge in [0, 0.05) is 10.6 Å². The Hall–Kier alpha value is -1.06. The zero-order valence-corrected chi connectivity index (χ0v) is 14.3. The maximum absolute atomic E-state index is 11.7. The number of carbonyl (C=O) groups is 2. The maximum atomic E-state index is 11.7. The van der Waals surface area contributed by atoms with E-state index in [0.717, 1.165) is 0 Å². The molecule has 1 rings (SSSR count). The van der Waals surface area contributed by atoms with Gasteiger partial charge in [-0.05, 0) is 41.6 Å². The lowest BCUT2D eigenvalue weighted by Crippen LogP contribution is -2.35. The molecule has 0 spiro atoms. The van der Waals surface area contributed by atoms with Crippen LogP contribution in [0.25, 0.3) is 0 Å². The number of nitrogens with one attached hydrogen (secondary N) is 1. The Kier molecular flexibility index (Phi) is 7.20. The van der Waals surface area contributed by atoms with Crippen molar-refractivity contribution < 1.29 is 19.4 Å². The molecular formula is C13H16ClIN2O4. The molecular weight excluding hydrogens is 411 g/mol. The first-order valence-corrected chi connectivity index (χ1v) is 7.67. The average molecular weight is 427 g/mol. The number of rotatable bonds is 6. The highest BCUT2D eigenvalue weighted by Gasteiger charge is 2.23. The number of carbonyl (C=O) groups excluding carboxylic acids is 2. The van der Waals surface area contributed by atoms with Crippen molar-refractivity contribution in [2.75, 3.05) is 13.2 Å². The number of phenolic OH excluding ortho intramolecular Hbond substituents is 1. The first kappa shape index (κ1) is 18.0. The second kappa shape index (κ2) is 8.40. The summed E-state index contributed by atoms with van der Waals surface area (Å²) in [5, 5.41) is 13.1. The van der Waals surface area contributed by atoms with Gasteiger partial charge in [0.25, 0.3) is 0 Å². The number of hydrogen-bond donors (Lipinski definition) is 3. The van der Waals surface area contributed by atoms with Crippen molar-refractivity contribution in [2.45, 2.75) is 19.4 Å². The topological polar surface area (TPSA) is 102 Å². The van der Waals surface area contributed by atoms with Crippen molar-refractivity contribution >= 4 is 46.1 Å². The highest BCUT2D eigenvalue weighted by Crippen LogP contribution is 2.34. The molecule has 21 heavy (non-hydrogen) atoms. The molecule has 1 aromatic rings. The molecule has 6 nitrogen and oxygen atoms in total. The SMILES string of the molecule is CCOC(=O)CC(NC(=O)CN)c1cc(Cl)cc(I)c1O. The van der Waals surface area contributed by atoms with E-state index in [-0.39, 0.29) is 25.3 Å². The average Bonchev–Trinajstić information content (AvgIpc) is 2.42. The van der Waals surface area contributed by atoms with Crippen LogP contribution in [-0.4, -0.2) is 30.1 Å². The summed E-state index contributed by atoms with van der Waals surface area (Å²) in [4.78, 5) is 23.2. The van der Waals surface area contributed by atoms with Crippen molar-refractivity contribution in [1.82, 2.24) is 5.32 Å². The molecule has 0 aliphatic rings. The van der Waals surface area contributed by atoms with Crippen LogP contribution in [0, 0.1) is 3.57 Å². The number of ether oxygens (including phenoxy) is 1. The van der Waals surface area contributed by atoms with Crippen LogP contribution < -0.4 is 11.1 Å².